The molecule has 28 heavy (non-hydrogen) atoms. The lowest BCUT2D eigenvalue weighted by molar-refractivity contribution is -0.116. The number of halogens is 3. The fraction of sp³-hybridized carbons (Fsp3) is 0.100. The number of thiophene rings is 1. The predicted octanol–water partition coefficient (Wildman–Crippen LogP) is 5.63. The van der Waals surface area contributed by atoms with Crippen molar-refractivity contribution in [3.8, 4) is 11.1 Å². The maximum absolute atomic E-state index is 13.6. The third kappa shape index (κ3) is 3.22. The van der Waals surface area contributed by atoms with Crippen molar-refractivity contribution in [3.05, 3.63) is 73.9 Å². The second-order valence-corrected chi connectivity index (χ2v) is 8.24. The molecule has 1 aliphatic heterocycles. The number of carboxylic acids is 1. The molecule has 4 nitrogen and oxygen atoms in total. The lowest BCUT2D eigenvalue weighted by Crippen LogP contribution is -2.22. The van der Waals surface area contributed by atoms with E-state index < -0.39 is 23.5 Å². The number of carbonyl (C=O) groups excluding carboxylic acids is 1. The summed E-state index contributed by atoms with van der Waals surface area (Å²) < 4.78 is 27.2. The van der Waals surface area contributed by atoms with Crippen LogP contribution in [0.1, 0.15) is 32.5 Å². The highest BCUT2D eigenvalue weighted by atomic mass is 79.9. The first-order valence-electron chi connectivity index (χ1n) is 8.26. The summed E-state index contributed by atoms with van der Waals surface area (Å²) in [6, 6.07) is 9.93. The zero-order chi connectivity index (χ0) is 20.0. The maximum Gasteiger partial charge on any atom is 0.346 e. The van der Waals surface area contributed by atoms with Gasteiger partial charge in [0.1, 0.15) is 16.5 Å². The van der Waals surface area contributed by atoms with Gasteiger partial charge < -0.3 is 10.4 Å². The van der Waals surface area contributed by atoms with E-state index in [4.69, 9.17) is 0 Å². The van der Waals surface area contributed by atoms with Gasteiger partial charge in [0.25, 0.3) is 0 Å². The van der Waals surface area contributed by atoms with Crippen LogP contribution in [0.2, 0.25) is 0 Å². The van der Waals surface area contributed by atoms with Crippen LogP contribution in [0.25, 0.3) is 11.1 Å². The summed E-state index contributed by atoms with van der Waals surface area (Å²) in [6.45, 7) is 0. The van der Waals surface area contributed by atoms with Crippen LogP contribution < -0.4 is 5.32 Å². The van der Waals surface area contributed by atoms with Crippen LogP contribution >= 0.6 is 27.3 Å². The van der Waals surface area contributed by atoms with E-state index in [1.165, 1.54) is 30.3 Å². The van der Waals surface area contributed by atoms with E-state index in [1.54, 1.807) is 12.1 Å². The summed E-state index contributed by atoms with van der Waals surface area (Å²) in [5.74, 6) is -2.67. The topological polar surface area (TPSA) is 66.4 Å². The predicted molar refractivity (Wildman–Crippen MR) is 106 cm³/mol. The third-order valence-corrected chi connectivity index (χ3v) is 6.48. The number of hydrogen-bond donors (Lipinski definition) is 2. The van der Waals surface area contributed by atoms with Gasteiger partial charge in [-0.15, -0.1) is 11.3 Å². The molecule has 142 valence electrons. The summed E-state index contributed by atoms with van der Waals surface area (Å²) in [5.41, 5.74) is 1.97. The summed E-state index contributed by atoms with van der Waals surface area (Å²) in [7, 11) is 0. The number of hydrogen-bond acceptors (Lipinski definition) is 3. The molecule has 0 unspecified atom stereocenters. The van der Waals surface area contributed by atoms with Crippen molar-refractivity contribution in [2.45, 2.75) is 12.3 Å². The van der Waals surface area contributed by atoms with Crippen molar-refractivity contribution in [2.24, 2.45) is 0 Å². The molecule has 0 aliphatic carbocycles. The molecule has 0 fully saturated rings. The van der Waals surface area contributed by atoms with E-state index >= 15 is 0 Å². The quantitative estimate of drug-likeness (QED) is 0.528. The van der Waals surface area contributed by atoms with Crippen molar-refractivity contribution in [1.82, 2.24) is 0 Å². The lowest BCUT2D eigenvalue weighted by atomic mass is 9.88. The van der Waals surface area contributed by atoms with Crippen molar-refractivity contribution in [1.29, 1.82) is 0 Å². The second kappa shape index (κ2) is 7.10. The third-order valence-electron chi connectivity index (χ3n) is 4.58. The molecule has 8 heteroatoms. The van der Waals surface area contributed by atoms with Gasteiger partial charge in [0, 0.05) is 22.8 Å². The van der Waals surface area contributed by atoms with Crippen molar-refractivity contribution < 1.29 is 23.5 Å². The molecule has 0 bridgehead atoms. The molecule has 2 heterocycles. The van der Waals surface area contributed by atoms with Gasteiger partial charge in [-0.25, -0.2) is 13.6 Å². The van der Waals surface area contributed by atoms with Gasteiger partial charge in [-0.3, -0.25) is 4.79 Å². The molecule has 2 aromatic carbocycles. The molecule has 2 N–H and O–H groups in total. The van der Waals surface area contributed by atoms with Crippen LogP contribution in [0, 0.1) is 11.6 Å². The van der Waals surface area contributed by atoms with Gasteiger partial charge in [0.15, 0.2) is 0 Å². The molecule has 0 radical (unpaired) electrons. The largest absolute Gasteiger partial charge is 0.477 e. The molecule has 1 aliphatic rings. The fourth-order valence-electron chi connectivity index (χ4n) is 3.33. The SMILES string of the molecule is O=C1C[C@@H](c2ccc(F)c(Br)c2)c2sc(C(=O)O)c(-c3ccc(F)cc3)c2N1. The van der Waals surface area contributed by atoms with Crippen molar-refractivity contribution in [3.63, 3.8) is 0 Å². The molecule has 1 atom stereocenters. The average molecular weight is 464 g/mol. The molecular weight excluding hydrogens is 452 g/mol. The molecule has 0 saturated heterocycles. The minimum atomic E-state index is -1.13. The van der Waals surface area contributed by atoms with E-state index in [0.717, 1.165) is 11.3 Å². The van der Waals surface area contributed by atoms with Crippen LogP contribution in [0.5, 0.6) is 0 Å². The number of carboxylic acid groups (broad SMARTS) is 1. The summed E-state index contributed by atoms with van der Waals surface area (Å²) >= 11 is 4.22. The van der Waals surface area contributed by atoms with Crippen LogP contribution in [0.15, 0.2) is 46.9 Å². The van der Waals surface area contributed by atoms with Crippen LogP contribution in [0.4, 0.5) is 14.5 Å². The number of benzene rings is 2. The van der Waals surface area contributed by atoms with Gasteiger partial charge in [-0.2, -0.15) is 0 Å². The summed E-state index contributed by atoms with van der Waals surface area (Å²) in [6.07, 6.45) is 0.119. The first kappa shape index (κ1) is 18.8. The highest BCUT2D eigenvalue weighted by Gasteiger charge is 2.34. The van der Waals surface area contributed by atoms with Gasteiger partial charge in [0.2, 0.25) is 5.91 Å². The Bertz CT molecular complexity index is 1110. The van der Waals surface area contributed by atoms with Gasteiger partial charge >= 0.3 is 5.97 Å². The molecule has 1 aromatic heterocycles. The van der Waals surface area contributed by atoms with Gasteiger partial charge in [0.05, 0.1) is 10.2 Å². The standard InChI is InChI=1S/C20H12BrF2NO3S/c21-13-7-10(3-6-14(13)23)12-8-15(25)24-17-16(9-1-4-11(22)5-2-9)19(20(26)27)28-18(12)17/h1-7,12H,8H2,(H,24,25)(H,26,27)/t12-/m0/s1. The minimum absolute atomic E-state index is 0.0602. The smallest absolute Gasteiger partial charge is 0.346 e. The number of anilines is 1. The molecule has 0 saturated carbocycles. The normalized spacial score (nSPS) is 15.8. The Balaban J connectivity index is 1.93. The van der Waals surface area contributed by atoms with Crippen LogP contribution in [-0.4, -0.2) is 17.0 Å². The van der Waals surface area contributed by atoms with Gasteiger partial charge in [-0.1, -0.05) is 18.2 Å². The molecule has 1 amide bonds. The fourth-order valence-corrected chi connectivity index (χ4v) is 4.97. The van der Waals surface area contributed by atoms with Crippen LogP contribution in [0.3, 0.4) is 0 Å². The Morgan fingerprint density at radius 1 is 1.18 bits per heavy atom. The monoisotopic (exact) mass is 463 g/mol. The first-order chi connectivity index (χ1) is 13.3. The summed E-state index contributed by atoms with van der Waals surface area (Å²) in [5, 5.41) is 12.5. The Morgan fingerprint density at radius 3 is 2.54 bits per heavy atom. The number of fused-ring (bicyclic) bond motifs is 1. The lowest BCUT2D eigenvalue weighted by Gasteiger charge is -2.24. The van der Waals surface area contributed by atoms with E-state index in [9.17, 15) is 23.5 Å². The van der Waals surface area contributed by atoms with E-state index in [1.807, 2.05) is 0 Å². The molecule has 0 spiro atoms. The summed E-state index contributed by atoms with van der Waals surface area (Å²) in [4.78, 5) is 25.0. The van der Waals surface area contributed by atoms with Crippen molar-refractivity contribution >= 4 is 44.8 Å². The first-order valence-corrected chi connectivity index (χ1v) is 9.87. The van der Waals surface area contributed by atoms with Crippen molar-refractivity contribution in [2.75, 3.05) is 5.32 Å². The molecule has 4 rings (SSSR count). The average Bonchev–Trinajstić information content (AvgIpc) is 3.03. The highest BCUT2D eigenvalue weighted by Crippen LogP contribution is 2.49. The minimum Gasteiger partial charge on any atom is -0.477 e. The number of rotatable bonds is 3. The van der Waals surface area contributed by atoms with E-state index in [0.29, 0.717) is 27.3 Å². The van der Waals surface area contributed by atoms with Crippen LogP contribution in [-0.2, 0) is 4.79 Å². The second-order valence-electron chi connectivity index (χ2n) is 6.34. The Morgan fingerprint density at radius 2 is 1.89 bits per heavy atom. The number of nitrogens with one attached hydrogen (secondary N) is 1. The Hall–Kier alpha value is -2.58. The zero-order valence-electron chi connectivity index (χ0n) is 14.1. The molecule has 3 aromatic rings. The molecular formula is C20H12BrF2NO3S. The number of amides is 1. The zero-order valence-corrected chi connectivity index (χ0v) is 16.5. The number of aromatic carboxylic acids is 1. The maximum atomic E-state index is 13.6. The van der Waals surface area contributed by atoms with E-state index in [-0.39, 0.29) is 21.7 Å². The number of carbonyl (C=O) groups is 2. The van der Waals surface area contributed by atoms with E-state index in [2.05, 4.69) is 21.2 Å². The Labute approximate surface area is 171 Å². The highest BCUT2D eigenvalue weighted by molar-refractivity contribution is 9.10. The van der Waals surface area contributed by atoms with Gasteiger partial charge in [-0.05, 0) is 51.3 Å². The Kier molecular flexibility index (Phi) is 4.76.